The predicted octanol–water partition coefficient (Wildman–Crippen LogP) is 4.34. The molecule has 3 heteroatoms. The largest absolute Gasteiger partial charge is 0.325 e. The van der Waals surface area contributed by atoms with Crippen LogP contribution < -0.4 is 5.32 Å². The standard InChI is InChI=1S/C15H22BrNO/c1-10(2)13(16)14(18)17-12-8-6-11(7-9-12)15(3,4)5/h6-10,13H,1-5H3,(H,17,18). The van der Waals surface area contributed by atoms with Crippen LogP contribution in [0.4, 0.5) is 5.69 Å². The van der Waals surface area contributed by atoms with E-state index in [-0.39, 0.29) is 22.1 Å². The van der Waals surface area contributed by atoms with Crippen molar-refractivity contribution in [3.63, 3.8) is 0 Å². The number of hydrogen-bond acceptors (Lipinski definition) is 1. The first-order valence-electron chi connectivity index (χ1n) is 6.27. The second-order valence-corrected chi connectivity index (χ2v) is 6.95. The quantitative estimate of drug-likeness (QED) is 0.826. The van der Waals surface area contributed by atoms with E-state index in [2.05, 4.69) is 54.2 Å². The number of benzene rings is 1. The van der Waals surface area contributed by atoms with E-state index in [1.165, 1.54) is 5.56 Å². The number of carbonyl (C=O) groups excluding carboxylic acids is 1. The van der Waals surface area contributed by atoms with E-state index in [1.807, 2.05) is 26.0 Å². The van der Waals surface area contributed by atoms with Gasteiger partial charge < -0.3 is 5.32 Å². The third-order valence-corrected chi connectivity index (χ3v) is 4.33. The van der Waals surface area contributed by atoms with Crippen molar-refractivity contribution in [2.45, 2.75) is 44.9 Å². The monoisotopic (exact) mass is 311 g/mol. The smallest absolute Gasteiger partial charge is 0.238 e. The Morgan fingerprint density at radius 2 is 1.67 bits per heavy atom. The van der Waals surface area contributed by atoms with Crippen molar-refractivity contribution in [3.8, 4) is 0 Å². The zero-order valence-electron chi connectivity index (χ0n) is 11.8. The van der Waals surface area contributed by atoms with Gasteiger partial charge in [-0.3, -0.25) is 4.79 Å². The molecule has 1 aromatic carbocycles. The maximum atomic E-state index is 11.9. The number of hydrogen-bond donors (Lipinski definition) is 1. The third-order valence-electron chi connectivity index (χ3n) is 2.85. The van der Waals surface area contributed by atoms with Gasteiger partial charge in [-0.1, -0.05) is 62.7 Å². The van der Waals surface area contributed by atoms with Gasteiger partial charge in [0.15, 0.2) is 0 Å². The first-order valence-corrected chi connectivity index (χ1v) is 7.19. The van der Waals surface area contributed by atoms with Crippen LogP contribution in [0.15, 0.2) is 24.3 Å². The predicted molar refractivity (Wildman–Crippen MR) is 81.3 cm³/mol. The number of carbonyl (C=O) groups is 1. The molecule has 0 radical (unpaired) electrons. The van der Waals surface area contributed by atoms with Gasteiger partial charge in [0.2, 0.25) is 5.91 Å². The Balaban J connectivity index is 2.73. The number of rotatable bonds is 3. The van der Waals surface area contributed by atoms with E-state index < -0.39 is 0 Å². The van der Waals surface area contributed by atoms with Gasteiger partial charge in [-0.15, -0.1) is 0 Å². The summed E-state index contributed by atoms with van der Waals surface area (Å²) in [5.41, 5.74) is 2.25. The van der Waals surface area contributed by atoms with E-state index in [0.29, 0.717) is 0 Å². The molecule has 1 unspecified atom stereocenters. The Hall–Kier alpha value is -0.830. The summed E-state index contributed by atoms with van der Waals surface area (Å²) < 4.78 is 0. The summed E-state index contributed by atoms with van der Waals surface area (Å²) in [5, 5.41) is 2.92. The van der Waals surface area contributed by atoms with Crippen LogP contribution in [0.5, 0.6) is 0 Å². The van der Waals surface area contributed by atoms with Crippen LogP contribution in [0.3, 0.4) is 0 Å². The van der Waals surface area contributed by atoms with Gasteiger partial charge in [-0.25, -0.2) is 0 Å². The van der Waals surface area contributed by atoms with Crippen LogP contribution in [-0.4, -0.2) is 10.7 Å². The second kappa shape index (κ2) is 5.87. The number of anilines is 1. The molecule has 1 N–H and O–H groups in total. The molecule has 1 amide bonds. The van der Waals surface area contributed by atoms with Crippen molar-refractivity contribution in [2.75, 3.05) is 5.32 Å². The first kappa shape index (κ1) is 15.2. The van der Waals surface area contributed by atoms with Crippen LogP contribution in [0, 0.1) is 5.92 Å². The highest BCUT2D eigenvalue weighted by atomic mass is 79.9. The van der Waals surface area contributed by atoms with Crippen molar-refractivity contribution in [1.29, 1.82) is 0 Å². The zero-order chi connectivity index (χ0) is 13.9. The fraction of sp³-hybridized carbons (Fsp3) is 0.533. The summed E-state index contributed by atoms with van der Waals surface area (Å²) in [6, 6.07) is 8.04. The van der Waals surface area contributed by atoms with Crippen LogP contribution in [0.2, 0.25) is 0 Å². The van der Waals surface area contributed by atoms with Gasteiger partial charge in [0.05, 0.1) is 4.83 Å². The fourth-order valence-electron chi connectivity index (χ4n) is 1.57. The summed E-state index contributed by atoms with van der Waals surface area (Å²) in [7, 11) is 0. The Kier molecular flexibility index (Phi) is 4.97. The molecule has 0 aliphatic rings. The molecule has 0 fully saturated rings. The van der Waals surface area contributed by atoms with Crippen LogP contribution >= 0.6 is 15.9 Å². The highest BCUT2D eigenvalue weighted by molar-refractivity contribution is 9.10. The Morgan fingerprint density at radius 1 is 1.17 bits per heavy atom. The Labute approximate surface area is 118 Å². The van der Waals surface area contributed by atoms with Crippen molar-refractivity contribution in [1.82, 2.24) is 0 Å². The van der Waals surface area contributed by atoms with E-state index in [9.17, 15) is 4.79 Å². The molecular weight excluding hydrogens is 290 g/mol. The maximum Gasteiger partial charge on any atom is 0.238 e. The van der Waals surface area contributed by atoms with Gasteiger partial charge in [0.1, 0.15) is 0 Å². The molecule has 0 saturated carbocycles. The maximum absolute atomic E-state index is 11.9. The molecule has 18 heavy (non-hydrogen) atoms. The molecular formula is C15H22BrNO. The molecule has 0 saturated heterocycles. The minimum Gasteiger partial charge on any atom is -0.325 e. The van der Waals surface area contributed by atoms with E-state index in [4.69, 9.17) is 0 Å². The molecule has 2 nitrogen and oxygen atoms in total. The second-order valence-electron chi connectivity index (χ2n) is 5.96. The van der Waals surface area contributed by atoms with E-state index in [0.717, 1.165) is 5.69 Å². The topological polar surface area (TPSA) is 29.1 Å². The van der Waals surface area contributed by atoms with Crippen LogP contribution in [0.1, 0.15) is 40.2 Å². The van der Waals surface area contributed by atoms with E-state index >= 15 is 0 Å². The van der Waals surface area contributed by atoms with Crippen molar-refractivity contribution in [3.05, 3.63) is 29.8 Å². The minimum atomic E-state index is -0.153. The lowest BCUT2D eigenvalue weighted by Crippen LogP contribution is -2.27. The summed E-state index contributed by atoms with van der Waals surface area (Å²) in [4.78, 5) is 11.7. The van der Waals surface area contributed by atoms with Gasteiger partial charge in [0, 0.05) is 5.69 Å². The van der Waals surface area contributed by atoms with Gasteiger partial charge in [0.25, 0.3) is 0 Å². The lowest BCUT2D eigenvalue weighted by atomic mass is 9.87. The number of nitrogens with one attached hydrogen (secondary N) is 1. The van der Waals surface area contributed by atoms with Crippen molar-refractivity contribution >= 4 is 27.5 Å². The van der Waals surface area contributed by atoms with Crippen LogP contribution in [0.25, 0.3) is 0 Å². The van der Waals surface area contributed by atoms with Crippen LogP contribution in [-0.2, 0) is 10.2 Å². The van der Waals surface area contributed by atoms with Gasteiger partial charge in [-0.05, 0) is 29.0 Å². The number of alkyl halides is 1. The average Bonchev–Trinajstić information content (AvgIpc) is 2.27. The highest BCUT2D eigenvalue weighted by Gasteiger charge is 2.19. The fourth-order valence-corrected chi connectivity index (χ4v) is 1.68. The molecule has 100 valence electrons. The molecule has 0 aliphatic heterocycles. The molecule has 0 aromatic heterocycles. The number of amides is 1. The molecule has 0 aliphatic carbocycles. The number of halogens is 1. The normalized spacial score (nSPS) is 13.5. The SMILES string of the molecule is CC(C)C(Br)C(=O)Nc1ccc(C(C)(C)C)cc1. The summed E-state index contributed by atoms with van der Waals surface area (Å²) in [5.74, 6) is 0.285. The Bertz CT molecular complexity index is 403. The molecule has 1 rings (SSSR count). The van der Waals surface area contributed by atoms with Crippen molar-refractivity contribution in [2.24, 2.45) is 5.92 Å². The van der Waals surface area contributed by atoms with E-state index in [1.54, 1.807) is 0 Å². The third kappa shape index (κ3) is 4.13. The molecule has 1 atom stereocenters. The summed E-state index contributed by atoms with van der Waals surface area (Å²) in [6.07, 6.45) is 0. The molecule has 0 heterocycles. The highest BCUT2D eigenvalue weighted by Crippen LogP contribution is 2.24. The molecule has 0 bridgehead atoms. The van der Waals surface area contributed by atoms with Gasteiger partial charge in [-0.2, -0.15) is 0 Å². The zero-order valence-corrected chi connectivity index (χ0v) is 13.3. The lowest BCUT2D eigenvalue weighted by Gasteiger charge is -2.19. The van der Waals surface area contributed by atoms with Crippen molar-refractivity contribution < 1.29 is 4.79 Å². The minimum absolute atomic E-state index is 0.00788. The summed E-state index contributed by atoms with van der Waals surface area (Å²) in [6.45, 7) is 10.6. The first-order chi connectivity index (χ1) is 8.21. The molecule has 0 spiro atoms. The van der Waals surface area contributed by atoms with Gasteiger partial charge >= 0.3 is 0 Å². The summed E-state index contributed by atoms with van der Waals surface area (Å²) >= 11 is 3.40. The molecule has 1 aromatic rings. The lowest BCUT2D eigenvalue weighted by molar-refractivity contribution is -0.116. The average molecular weight is 312 g/mol. The Morgan fingerprint density at radius 3 is 2.06 bits per heavy atom.